The highest BCUT2D eigenvalue weighted by Gasteiger charge is 2.04. The van der Waals surface area contributed by atoms with E-state index < -0.39 is 11.4 Å². The molecule has 0 fully saturated rings. The summed E-state index contributed by atoms with van der Waals surface area (Å²) >= 11 is 0. The fraction of sp³-hybridized carbons (Fsp3) is 0.385. The predicted molar refractivity (Wildman–Crippen MR) is 79.9 cm³/mol. The highest BCUT2D eigenvalue weighted by Crippen LogP contribution is 2.04. The number of nitrogen functional groups attached to an aromatic ring is 2. The average Bonchev–Trinajstić information content (AvgIpc) is 2.41. The van der Waals surface area contributed by atoms with Crippen molar-refractivity contribution in [3.63, 3.8) is 0 Å². The summed E-state index contributed by atoms with van der Waals surface area (Å²) < 4.78 is 2.96. The van der Waals surface area contributed by atoms with Gasteiger partial charge in [0, 0.05) is 36.6 Å². The van der Waals surface area contributed by atoms with Crippen LogP contribution in [-0.2, 0) is 13.1 Å². The Hall–Kier alpha value is -2.64. The van der Waals surface area contributed by atoms with Gasteiger partial charge in [0.05, 0.1) is 0 Å². The third kappa shape index (κ3) is 3.28. The van der Waals surface area contributed by atoms with E-state index in [9.17, 15) is 9.59 Å². The van der Waals surface area contributed by atoms with Crippen LogP contribution in [0.25, 0.3) is 0 Å². The number of nitrogens with two attached hydrogens (primary N) is 2. The van der Waals surface area contributed by atoms with Crippen LogP contribution in [0.2, 0.25) is 0 Å². The minimum absolute atomic E-state index is 0.242. The summed E-state index contributed by atoms with van der Waals surface area (Å²) in [6.07, 6.45) is 3.93. The van der Waals surface area contributed by atoms with E-state index in [0.717, 1.165) is 11.1 Å². The molecule has 0 saturated heterocycles. The molecule has 4 N–H and O–H groups in total. The summed E-state index contributed by atoms with van der Waals surface area (Å²) in [4.78, 5) is 30.8. The van der Waals surface area contributed by atoms with Crippen LogP contribution < -0.4 is 22.8 Å². The average molecular weight is 290 g/mol. The van der Waals surface area contributed by atoms with Gasteiger partial charge < -0.3 is 11.5 Å². The van der Waals surface area contributed by atoms with Crippen LogP contribution >= 0.6 is 0 Å². The van der Waals surface area contributed by atoms with Gasteiger partial charge in [-0.05, 0) is 20.3 Å². The van der Waals surface area contributed by atoms with E-state index in [1.54, 1.807) is 26.2 Å². The van der Waals surface area contributed by atoms with Crippen molar-refractivity contribution in [1.29, 1.82) is 0 Å². The van der Waals surface area contributed by atoms with E-state index >= 15 is 0 Å². The van der Waals surface area contributed by atoms with Crippen LogP contribution in [0.1, 0.15) is 17.5 Å². The molecule has 0 unspecified atom stereocenters. The van der Waals surface area contributed by atoms with E-state index in [2.05, 4.69) is 9.97 Å². The monoisotopic (exact) mass is 290 g/mol. The zero-order valence-corrected chi connectivity index (χ0v) is 12.0. The first-order valence-electron chi connectivity index (χ1n) is 6.55. The van der Waals surface area contributed by atoms with Gasteiger partial charge in [-0.2, -0.15) is 9.97 Å². The summed E-state index contributed by atoms with van der Waals surface area (Å²) in [7, 11) is 0. The first kappa shape index (κ1) is 14.8. The van der Waals surface area contributed by atoms with Crippen molar-refractivity contribution in [3.8, 4) is 0 Å². The lowest BCUT2D eigenvalue weighted by Gasteiger charge is -2.09. The summed E-state index contributed by atoms with van der Waals surface area (Å²) in [6, 6.07) is 0. The molecule has 21 heavy (non-hydrogen) atoms. The summed E-state index contributed by atoms with van der Waals surface area (Å²) in [5.74, 6) is 0.483. The van der Waals surface area contributed by atoms with Crippen LogP contribution in [0.5, 0.6) is 0 Å². The van der Waals surface area contributed by atoms with Crippen LogP contribution in [0.15, 0.2) is 22.0 Å². The van der Waals surface area contributed by atoms with E-state index in [1.807, 2.05) is 0 Å². The Morgan fingerprint density at radius 1 is 0.905 bits per heavy atom. The molecule has 0 radical (unpaired) electrons. The molecule has 2 aromatic rings. The largest absolute Gasteiger partial charge is 0.383 e. The molecule has 0 amide bonds. The molecule has 2 heterocycles. The lowest BCUT2D eigenvalue weighted by atomic mass is 10.3. The molecular formula is C13H18N6O2. The molecule has 0 saturated carbocycles. The minimum Gasteiger partial charge on any atom is -0.383 e. The van der Waals surface area contributed by atoms with Gasteiger partial charge in [-0.15, -0.1) is 0 Å². The normalized spacial score (nSPS) is 10.8. The Kier molecular flexibility index (Phi) is 4.06. The van der Waals surface area contributed by atoms with Crippen LogP contribution in [0, 0.1) is 13.8 Å². The number of hydrogen-bond acceptors (Lipinski definition) is 6. The first-order chi connectivity index (χ1) is 9.88. The molecule has 8 heteroatoms. The van der Waals surface area contributed by atoms with Gasteiger partial charge in [0.1, 0.15) is 11.6 Å². The number of rotatable bonds is 4. The first-order valence-corrected chi connectivity index (χ1v) is 6.55. The van der Waals surface area contributed by atoms with E-state index in [1.165, 1.54) is 9.13 Å². The standard InChI is InChI=1S/C13H18N6O2/c1-8-6-18(12(20)16-10(8)14)4-3-5-19-7-9(2)11(15)17-13(19)21/h6-7H,3-5H2,1-2H3,(H2,14,16,20)(H2,15,17,21). The van der Waals surface area contributed by atoms with Crippen molar-refractivity contribution >= 4 is 11.6 Å². The van der Waals surface area contributed by atoms with Crippen LogP contribution in [0.4, 0.5) is 11.6 Å². The van der Waals surface area contributed by atoms with Gasteiger partial charge in [0.2, 0.25) is 0 Å². The summed E-state index contributed by atoms with van der Waals surface area (Å²) in [5, 5.41) is 0. The molecule has 0 aliphatic heterocycles. The Morgan fingerprint density at radius 2 is 1.29 bits per heavy atom. The summed E-state index contributed by atoms with van der Waals surface area (Å²) in [5.41, 5.74) is 11.9. The van der Waals surface area contributed by atoms with Gasteiger partial charge in [0.15, 0.2) is 0 Å². The molecule has 0 aliphatic rings. The minimum atomic E-state index is -0.392. The quantitative estimate of drug-likeness (QED) is 0.795. The van der Waals surface area contributed by atoms with Gasteiger partial charge in [-0.25, -0.2) is 9.59 Å². The predicted octanol–water partition coefficient (Wildman–Crippen LogP) is -0.328. The van der Waals surface area contributed by atoms with E-state index in [4.69, 9.17) is 11.5 Å². The third-order valence-electron chi connectivity index (χ3n) is 3.23. The third-order valence-corrected chi connectivity index (χ3v) is 3.23. The smallest absolute Gasteiger partial charge is 0.349 e. The van der Waals surface area contributed by atoms with Crippen LogP contribution in [0.3, 0.4) is 0 Å². The second kappa shape index (κ2) is 5.78. The highest BCUT2D eigenvalue weighted by atomic mass is 16.1. The van der Waals surface area contributed by atoms with Gasteiger partial charge in [-0.1, -0.05) is 0 Å². The second-order valence-corrected chi connectivity index (χ2v) is 4.92. The molecule has 0 bridgehead atoms. The molecule has 2 aromatic heterocycles. The van der Waals surface area contributed by atoms with E-state index in [-0.39, 0.29) is 11.6 Å². The Balaban J connectivity index is 2.09. The fourth-order valence-corrected chi connectivity index (χ4v) is 1.95. The lowest BCUT2D eigenvalue weighted by molar-refractivity contribution is 0.529. The number of anilines is 2. The molecule has 8 nitrogen and oxygen atoms in total. The molecule has 112 valence electrons. The van der Waals surface area contributed by atoms with Gasteiger partial charge >= 0.3 is 11.4 Å². The fourth-order valence-electron chi connectivity index (χ4n) is 1.95. The second-order valence-electron chi connectivity index (χ2n) is 4.92. The zero-order valence-electron chi connectivity index (χ0n) is 12.0. The topological polar surface area (TPSA) is 122 Å². The van der Waals surface area contributed by atoms with Crippen molar-refractivity contribution in [3.05, 3.63) is 44.5 Å². The molecule has 0 spiro atoms. The molecule has 0 aliphatic carbocycles. The number of aromatic nitrogens is 4. The number of aryl methyl sites for hydroxylation is 4. The van der Waals surface area contributed by atoms with Crippen molar-refractivity contribution in [1.82, 2.24) is 19.1 Å². The van der Waals surface area contributed by atoms with E-state index in [0.29, 0.717) is 19.5 Å². The molecule has 0 aromatic carbocycles. The van der Waals surface area contributed by atoms with Crippen LogP contribution in [-0.4, -0.2) is 19.1 Å². The SMILES string of the molecule is Cc1cn(CCCn2cc(C)c(N)nc2=O)c(=O)nc1N. The maximum Gasteiger partial charge on any atom is 0.349 e. The van der Waals surface area contributed by atoms with Crippen molar-refractivity contribution in [2.75, 3.05) is 11.5 Å². The Bertz CT molecular complexity index is 712. The van der Waals surface area contributed by atoms with Crippen molar-refractivity contribution in [2.45, 2.75) is 33.4 Å². The number of hydrogen-bond donors (Lipinski definition) is 2. The molecular weight excluding hydrogens is 272 g/mol. The maximum absolute atomic E-state index is 11.7. The summed E-state index contributed by atoms with van der Waals surface area (Å²) in [6.45, 7) is 4.47. The van der Waals surface area contributed by atoms with Gasteiger partial charge in [-0.3, -0.25) is 9.13 Å². The maximum atomic E-state index is 11.7. The highest BCUT2D eigenvalue weighted by molar-refractivity contribution is 5.35. The molecule has 2 rings (SSSR count). The Morgan fingerprint density at radius 3 is 1.67 bits per heavy atom. The van der Waals surface area contributed by atoms with Crippen molar-refractivity contribution < 1.29 is 0 Å². The Labute approximate surface area is 121 Å². The number of nitrogens with zero attached hydrogens (tertiary/aromatic N) is 4. The van der Waals surface area contributed by atoms with Crippen molar-refractivity contribution in [2.24, 2.45) is 0 Å². The lowest BCUT2D eigenvalue weighted by Crippen LogP contribution is -2.27. The zero-order chi connectivity index (χ0) is 15.6. The van der Waals surface area contributed by atoms with Gasteiger partial charge in [0.25, 0.3) is 0 Å². The molecule has 0 atom stereocenters.